The van der Waals surface area contributed by atoms with E-state index in [2.05, 4.69) is 26.4 Å². The fourth-order valence-electron chi connectivity index (χ4n) is 1.23. The van der Waals surface area contributed by atoms with E-state index in [1.54, 1.807) is 0 Å². The quantitative estimate of drug-likeness (QED) is 0.533. The van der Waals surface area contributed by atoms with Gasteiger partial charge >= 0.3 is 0 Å². The zero-order valence-electron chi connectivity index (χ0n) is 5.44. The fraction of sp³-hybridized carbons (Fsp3) is 1.00. The van der Waals surface area contributed by atoms with Gasteiger partial charge in [-0.15, -0.1) is 0 Å². The molecule has 0 saturated heterocycles. The molecule has 0 bridgehead atoms. The van der Waals surface area contributed by atoms with E-state index < -0.39 is 0 Å². The van der Waals surface area contributed by atoms with E-state index in [0.717, 1.165) is 6.04 Å². The van der Waals surface area contributed by atoms with Crippen LogP contribution in [0.1, 0.15) is 25.7 Å². The van der Waals surface area contributed by atoms with Crippen molar-refractivity contribution in [1.82, 2.24) is 3.53 Å². The Balaban J connectivity index is 2.18. The number of nitrogens with one attached hydrogen (secondary N) is 1. The molecule has 0 aromatic heterocycles. The van der Waals surface area contributed by atoms with Crippen LogP contribution in [0.3, 0.4) is 0 Å². The summed E-state index contributed by atoms with van der Waals surface area (Å²) in [5.41, 5.74) is 5.72. The first kappa shape index (κ1) is 7.75. The molecule has 0 aromatic rings. The van der Waals surface area contributed by atoms with Gasteiger partial charge in [0.15, 0.2) is 0 Å². The van der Waals surface area contributed by atoms with Crippen LogP contribution in [0.5, 0.6) is 0 Å². The molecule has 9 heavy (non-hydrogen) atoms. The lowest BCUT2D eigenvalue weighted by atomic mass is 9.93. The molecule has 1 aliphatic carbocycles. The second kappa shape index (κ2) is 3.73. The molecule has 1 saturated carbocycles. The molecule has 2 nitrogen and oxygen atoms in total. The molecule has 0 atom stereocenters. The van der Waals surface area contributed by atoms with Crippen molar-refractivity contribution in [2.24, 2.45) is 5.73 Å². The van der Waals surface area contributed by atoms with E-state index in [1.807, 2.05) is 0 Å². The Morgan fingerprint density at radius 1 is 1.22 bits per heavy atom. The van der Waals surface area contributed by atoms with Gasteiger partial charge in [-0.1, -0.05) is 0 Å². The van der Waals surface area contributed by atoms with Gasteiger partial charge in [0, 0.05) is 34.9 Å². The van der Waals surface area contributed by atoms with Crippen LogP contribution >= 0.6 is 22.9 Å². The average molecular weight is 240 g/mol. The summed E-state index contributed by atoms with van der Waals surface area (Å²) in [7, 11) is 0. The lowest BCUT2D eigenvalue weighted by molar-refractivity contribution is 0.386. The Morgan fingerprint density at radius 2 is 1.78 bits per heavy atom. The van der Waals surface area contributed by atoms with E-state index in [4.69, 9.17) is 5.73 Å². The van der Waals surface area contributed by atoms with Crippen LogP contribution in [0.4, 0.5) is 0 Å². The van der Waals surface area contributed by atoms with Gasteiger partial charge in [0.1, 0.15) is 0 Å². The van der Waals surface area contributed by atoms with Gasteiger partial charge in [0.25, 0.3) is 0 Å². The summed E-state index contributed by atoms with van der Waals surface area (Å²) in [6.45, 7) is 0. The van der Waals surface area contributed by atoms with Crippen LogP contribution in [0.2, 0.25) is 0 Å². The van der Waals surface area contributed by atoms with Crippen molar-refractivity contribution >= 4 is 22.9 Å². The third-order valence-corrected chi connectivity index (χ3v) is 2.81. The highest BCUT2D eigenvalue weighted by Crippen LogP contribution is 2.17. The van der Waals surface area contributed by atoms with Crippen molar-refractivity contribution in [3.63, 3.8) is 0 Å². The number of halogens is 1. The van der Waals surface area contributed by atoms with Crippen molar-refractivity contribution in [2.75, 3.05) is 0 Å². The SMILES string of the molecule is N[C@H]1CC[C@H](NI)CC1. The molecule has 1 fully saturated rings. The Bertz CT molecular complexity index is 79.1. The van der Waals surface area contributed by atoms with E-state index in [-0.39, 0.29) is 0 Å². The van der Waals surface area contributed by atoms with E-state index in [9.17, 15) is 0 Å². The van der Waals surface area contributed by atoms with Crippen LogP contribution < -0.4 is 9.26 Å². The lowest BCUT2D eigenvalue weighted by Crippen LogP contribution is -2.33. The molecular formula is C6H13IN2. The topological polar surface area (TPSA) is 38.0 Å². The maximum absolute atomic E-state index is 5.72. The molecule has 1 rings (SSSR count). The number of hydrogen-bond acceptors (Lipinski definition) is 2. The van der Waals surface area contributed by atoms with Crippen molar-refractivity contribution < 1.29 is 0 Å². The van der Waals surface area contributed by atoms with Crippen molar-refractivity contribution in [1.29, 1.82) is 0 Å². The van der Waals surface area contributed by atoms with Crippen LogP contribution in [0.25, 0.3) is 0 Å². The fourth-order valence-corrected chi connectivity index (χ4v) is 1.85. The second-order valence-electron chi connectivity index (χ2n) is 2.72. The normalized spacial score (nSPS) is 36.7. The zero-order valence-corrected chi connectivity index (χ0v) is 7.60. The van der Waals surface area contributed by atoms with Gasteiger partial charge in [-0.05, 0) is 25.7 Å². The van der Waals surface area contributed by atoms with Gasteiger partial charge < -0.3 is 5.73 Å². The Morgan fingerprint density at radius 3 is 2.22 bits per heavy atom. The highest BCUT2D eigenvalue weighted by molar-refractivity contribution is 14.1. The monoisotopic (exact) mass is 240 g/mol. The summed E-state index contributed by atoms with van der Waals surface area (Å²) < 4.78 is 3.24. The van der Waals surface area contributed by atoms with Crippen LogP contribution in [-0.4, -0.2) is 12.1 Å². The summed E-state index contributed by atoms with van der Waals surface area (Å²) in [4.78, 5) is 0. The molecule has 0 aromatic carbocycles. The van der Waals surface area contributed by atoms with E-state index in [0.29, 0.717) is 6.04 Å². The first-order valence-electron chi connectivity index (χ1n) is 3.44. The van der Waals surface area contributed by atoms with Gasteiger partial charge in [0.2, 0.25) is 0 Å². The molecule has 3 N–H and O–H groups in total. The van der Waals surface area contributed by atoms with Crippen LogP contribution in [-0.2, 0) is 0 Å². The molecule has 0 unspecified atom stereocenters. The molecule has 54 valence electrons. The molecule has 3 heteroatoms. The minimum Gasteiger partial charge on any atom is -0.328 e. The minimum atomic E-state index is 0.478. The molecular weight excluding hydrogens is 227 g/mol. The van der Waals surface area contributed by atoms with Gasteiger partial charge in [-0.2, -0.15) is 0 Å². The smallest absolute Gasteiger partial charge is 0.0172 e. The molecule has 0 spiro atoms. The first-order chi connectivity index (χ1) is 4.33. The minimum absolute atomic E-state index is 0.478. The predicted molar refractivity (Wildman–Crippen MR) is 47.4 cm³/mol. The van der Waals surface area contributed by atoms with E-state index in [1.165, 1.54) is 25.7 Å². The highest BCUT2D eigenvalue weighted by atomic mass is 127. The highest BCUT2D eigenvalue weighted by Gasteiger charge is 2.16. The van der Waals surface area contributed by atoms with E-state index >= 15 is 0 Å². The number of rotatable bonds is 1. The van der Waals surface area contributed by atoms with Crippen molar-refractivity contribution in [3.05, 3.63) is 0 Å². The largest absolute Gasteiger partial charge is 0.328 e. The number of nitrogens with two attached hydrogens (primary N) is 1. The predicted octanol–water partition coefficient (Wildman–Crippen LogP) is 1.20. The van der Waals surface area contributed by atoms with Crippen molar-refractivity contribution in [3.8, 4) is 0 Å². The molecule has 0 heterocycles. The zero-order chi connectivity index (χ0) is 6.69. The molecule has 0 radical (unpaired) electrons. The third-order valence-electron chi connectivity index (χ3n) is 1.93. The Hall–Kier alpha value is 0.650. The molecule has 0 amide bonds. The average Bonchev–Trinajstić information content (AvgIpc) is 1.90. The first-order valence-corrected chi connectivity index (χ1v) is 4.52. The van der Waals surface area contributed by atoms with Crippen molar-refractivity contribution in [2.45, 2.75) is 37.8 Å². The standard InChI is InChI=1S/C6H13IN2/c7-9-6-3-1-5(8)2-4-6/h5-6,9H,1-4,8H2/t5-,6-. The third kappa shape index (κ3) is 2.39. The molecule has 1 aliphatic rings. The van der Waals surface area contributed by atoms with Gasteiger partial charge in [-0.3, -0.25) is 3.53 Å². The maximum Gasteiger partial charge on any atom is 0.0172 e. The number of hydrogen-bond donors (Lipinski definition) is 2. The second-order valence-corrected chi connectivity index (χ2v) is 3.34. The lowest BCUT2D eigenvalue weighted by Gasteiger charge is -2.24. The van der Waals surface area contributed by atoms with Gasteiger partial charge in [0.05, 0.1) is 0 Å². The maximum atomic E-state index is 5.72. The summed E-state index contributed by atoms with van der Waals surface area (Å²) in [5.74, 6) is 0. The molecule has 0 aliphatic heterocycles. The summed E-state index contributed by atoms with van der Waals surface area (Å²) in [5, 5.41) is 0. The Labute approximate surface area is 70.1 Å². The van der Waals surface area contributed by atoms with Gasteiger partial charge in [-0.25, -0.2) is 0 Å². The van der Waals surface area contributed by atoms with Crippen LogP contribution in [0.15, 0.2) is 0 Å². The summed E-state index contributed by atoms with van der Waals surface area (Å²) in [6, 6.07) is 1.20. The Kier molecular flexibility index (Phi) is 3.21. The summed E-state index contributed by atoms with van der Waals surface area (Å²) >= 11 is 2.22. The van der Waals surface area contributed by atoms with Crippen LogP contribution in [0, 0.1) is 0 Å². The summed E-state index contributed by atoms with van der Waals surface area (Å²) in [6.07, 6.45) is 4.90.